The summed E-state index contributed by atoms with van der Waals surface area (Å²) in [5.41, 5.74) is 4.27. The molecule has 0 aliphatic carbocycles. The monoisotopic (exact) mass is 239 g/mol. The summed E-state index contributed by atoms with van der Waals surface area (Å²) in [4.78, 5) is 4.07. The molecule has 0 aliphatic rings. The highest BCUT2D eigenvalue weighted by atomic mass is 14.6. The van der Waals surface area contributed by atoms with E-state index in [0.29, 0.717) is 5.92 Å². The van der Waals surface area contributed by atoms with Gasteiger partial charge in [-0.15, -0.1) is 0 Å². The van der Waals surface area contributed by atoms with Crippen LogP contribution < -0.4 is 0 Å². The Morgan fingerprint density at radius 2 is 1.33 bits per heavy atom. The molecule has 1 heteroatoms. The summed E-state index contributed by atoms with van der Waals surface area (Å²) < 4.78 is 0. The summed E-state index contributed by atoms with van der Waals surface area (Å²) in [7, 11) is 0. The lowest BCUT2D eigenvalue weighted by Crippen LogP contribution is -2.11. The minimum Gasteiger partial charge on any atom is -0.265 e. The molecule has 1 atom stereocenters. The normalized spacial score (nSPS) is 13.3. The lowest BCUT2D eigenvalue weighted by atomic mass is 9.85. The molecule has 1 nitrogen and oxygen atoms in total. The first-order valence-electron chi connectivity index (χ1n) is 6.49. The van der Waals surface area contributed by atoms with Crippen LogP contribution in [0.2, 0.25) is 0 Å². The second kappa shape index (κ2) is 4.93. The summed E-state index contributed by atoms with van der Waals surface area (Å²) in [5.74, 6) is 0.419. The Kier molecular flexibility index (Phi) is 3.51. The Balaban J connectivity index is 2.25. The van der Waals surface area contributed by atoms with Gasteiger partial charge in [-0.2, -0.15) is 0 Å². The molecule has 0 amide bonds. The maximum absolute atomic E-state index is 4.07. The van der Waals surface area contributed by atoms with Gasteiger partial charge < -0.3 is 0 Å². The number of pyridine rings is 1. The van der Waals surface area contributed by atoms with Crippen molar-refractivity contribution in [2.24, 2.45) is 0 Å². The van der Waals surface area contributed by atoms with Crippen molar-refractivity contribution in [1.82, 2.24) is 4.98 Å². The van der Waals surface area contributed by atoms with Gasteiger partial charge in [-0.05, 0) is 34.2 Å². The van der Waals surface area contributed by atoms with Crippen molar-refractivity contribution in [2.45, 2.75) is 39.0 Å². The molecule has 1 aromatic carbocycles. The molecule has 1 heterocycles. The zero-order chi connectivity index (χ0) is 13.2. The van der Waals surface area contributed by atoms with Crippen LogP contribution in [-0.4, -0.2) is 4.98 Å². The molecule has 1 aromatic heterocycles. The van der Waals surface area contributed by atoms with Gasteiger partial charge in [-0.1, -0.05) is 52.0 Å². The van der Waals surface area contributed by atoms with Gasteiger partial charge in [0.05, 0.1) is 0 Å². The van der Waals surface area contributed by atoms with Gasteiger partial charge >= 0.3 is 0 Å². The van der Waals surface area contributed by atoms with E-state index >= 15 is 0 Å². The third-order valence-electron chi connectivity index (χ3n) is 3.48. The molecular weight excluding hydrogens is 218 g/mol. The summed E-state index contributed by atoms with van der Waals surface area (Å²) in [6.07, 6.45) is 3.71. The molecule has 0 bridgehead atoms. The number of aromatic nitrogens is 1. The zero-order valence-corrected chi connectivity index (χ0v) is 11.6. The Morgan fingerprint density at radius 1 is 0.833 bits per heavy atom. The maximum atomic E-state index is 4.07. The molecule has 1 unspecified atom stereocenters. The molecule has 18 heavy (non-hydrogen) atoms. The Labute approximate surface area is 110 Å². The second-order valence-electron chi connectivity index (χ2n) is 5.87. The van der Waals surface area contributed by atoms with E-state index in [-0.39, 0.29) is 5.41 Å². The van der Waals surface area contributed by atoms with Gasteiger partial charge in [0, 0.05) is 18.3 Å². The second-order valence-corrected chi connectivity index (χ2v) is 5.87. The predicted molar refractivity (Wildman–Crippen MR) is 76.9 cm³/mol. The molecule has 0 fully saturated rings. The molecule has 0 saturated carbocycles. The van der Waals surface area contributed by atoms with E-state index in [4.69, 9.17) is 0 Å². The molecule has 0 radical (unpaired) electrons. The Morgan fingerprint density at radius 3 is 1.83 bits per heavy atom. The highest BCUT2D eigenvalue weighted by Gasteiger charge is 2.14. The molecule has 2 aromatic rings. The maximum Gasteiger partial charge on any atom is 0.0270 e. The van der Waals surface area contributed by atoms with E-state index in [1.165, 1.54) is 16.7 Å². The smallest absolute Gasteiger partial charge is 0.0270 e. The number of rotatable bonds is 2. The quantitative estimate of drug-likeness (QED) is 0.750. The van der Waals surface area contributed by atoms with E-state index in [0.717, 1.165) is 0 Å². The number of benzene rings is 1. The highest BCUT2D eigenvalue weighted by molar-refractivity contribution is 5.34. The topological polar surface area (TPSA) is 12.9 Å². The van der Waals surface area contributed by atoms with Crippen molar-refractivity contribution in [3.05, 3.63) is 65.5 Å². The third kappa shape index (κ3) is 2.79. The molecule has 0 spiro atoms. The lowest BCUT2D eigenvalue weighted by Gasteiger charge is -2.20. The number of hydrogen-bond donors (Lipinski definition) is 0. The van der Waals surface area contributed by atoms with E-state index in [9.17, 15) is 0 Å². The van der Waals surface area contributed by atoms with Crippen molar-refractivity contribution >= 4 is 0 Å². The summed E-state index contributed by atoms with van der Waals surface area (Å²) in [6.45, 7) is 8.97. The predicted octanol–water partition coefficient (Wildman–Crippen LogP) is 4.53. The van der Waals surface area contributed by atoms with Gasteiger partial charge in [0.25, 0.3) is 0 Å². The van der Waals surface area contributed by atoms with Gasteiger partial charge in [0.15, 0.2) is 0 Å². The van der Waals surface area contributed by atoms with Gasteiger partial charge in [-0.3, -0.25) is 4.98 Å². The Hall–Kier alpha value is -1.63. The average molecular weight is 239 g/mol. The minimum absolute atomic E-state index is 0.221. The number of nitrogens with zero attached hydrogens (tertiary/aromatic N) is 1. The molecular formula is C17H21N. The fourth-order valence-electron chi connectivity index (χ4n) is 2.12. The highest BCUT2D eigenvalue weighted by Crippen LogP contribution is 2.27. The Bertz CT molecular complexity index is 491. The fourth-order valence-corrected chi connectivity index (χ4v) is 2.12. The zero-order valence-electron chi connectivity index (χ0n) is 11.6. The van der Waals surface area contributed by atoms with Crippen molar-refractivity contribution in [1.29, 1.82) is 0 Å². The van der Waals surface area contributed by atoms with Crippen LogP contribution in [0.3, 0.4) is 0 Å². The van der Waals surface area contributed by atoms with Gasteiger partial charge in [0.1, 0.15) is 0 Å². The van der Waals surface area contributed by atoms with E-state index in [1.807, 2.05) is 12.4 Å². The standard InChI is InChI=1S/C17H21N/c1-13(15-9-11-18-12-10-15)14-5-7-16(8-6-14)17(2,3)4/h5-13H,1-4H3. The van der Waals surface area contributed by atoms with E-state index < -0.39 is 0 Å². The van der Waals surface area contributed by atoms with Crippen LogP contribution in [0, 0.1) is 0 Å². The summed E-state index contributed by atoms with van der Waals surface area (Å²) >= 11 is 0. The largest absolute Gasteiger partial charge is 0.265 e. The van der Waals surface area contributed by atoms with Gasteiger partial charge in [-0.25, -0.2) is 0 Å². The summed E-state index contributed by atoms with van der Waals surface area (Å²) in [6, 6.07) is 13.1. The van der Waals surface area contributed by atoms with E-state index in [2.05, 4.69) is 69.1 Å². The fraction of sp³-hybridized carbons (Fsp3) is 0.353. The summed E-state index contributed by atoms with van der Waals surface area (Å²) in [5, 5.41) is 0. The average Bonchev–Trinajstić information content (AvgIpc) is 2.38. The van der Waals surface area contributed by atoms with Crippen LogP contribution >= 0.6 is 0 Å². The van der Waals surface area contributed by atoms with Crippen molar-refractivity contribution in [2.75, 3.05) is 0 Å². The van der Waals surface area contributed by atoms with Crippen LogP contribution in [0.15, 0.2) is 48.8 Å². The minimum atomic E-state index is 0.221. The van der Waals surface area contributed by atoms with Crippen LogP contribution in [0.5, 0.6) is 0 Å². The molecule has 0 saturated heterocycles. The van der Waals surface area contributed by atoms with Crippen LogP contribution in [0.4, 0.5) is 0 Å². The van der Waals surface area contributed by atoms with E-state index in [1.54, 1.807) is 0 Å². The number of hydrogen-bond acceptors (Lipinski definition) is 1. The molecule has 0 aliphatic heterocycles. The lowest BCUT2D eigenvalue weighted by molar-refractivity contribution is 0.590. The van der Waals surface area contributed by atoms with Crippen molar-refractivity contribution in [3.63, 3.8) is 0 Å². The van der Waals surface area contributed by atoms with Crippen molar-refractivity contribution in [3.8, 4) is 0 Å². The molecule has 0 N–H and O–H groups in total. The molecule has 94 valence electrons. The first kappa shape index (κ1) is 12.8. The third-order valence-corrected chi connectivity index (χ3v) is 3.48. The van der Waals surface area contributed by atoms with Crippen LogP contribution in [0.25, 0.3) is 0 Å². The molecule has 2 rings (SSSR count). The SMILES string of the molecule is CC(c1ccncc1)c1ccc(C(C)(C)C)cc1. The van der Waals surface area contributed by atoms with Crippen LogP contribution in [0.1, 0.15) is 50.3 Å². The van der Waals surface area contributed by atoms with Crippen LogP contribution in [-0.2, 0) is 5.41 Å². The van der Waals surface area contributed by atoms with Crippen molar-refractivity contribution < 1.29 is 0 Å². The van der Waals surface area contributed by atoms with Gasteiger partial charge in [0.2, 0.25) is 0 Å². The first-order valence-corrected chi connectivity index (χ1v) is 6.49. The first-order chi connectivity index (χ1) is 8.48.